The molecule has 6 heteroatoms. The third kappa shape index (κ3) is 6.43. The molecule has 0 radical (unpaired) electrons. The van der Waals surface area contributed by atoms with Gasteiger partial charge in [0.15, 0.2) is 0 Å². The number of rotatable bonds is 7. The van der Waals surface area contributed by atoms with Crippen LogP contribution in [-0.2, 0) is 25.7 Å². The molecular weight excluding hydrogens is 346 g/mol. The fourth-order valence-corrected chi connectivity index (χ4v) is 2.19. The number of esters is 2. The van der Waals surface area contributed by atoms with Crippen LogP contribution in [0.1, 0.15) is 28.4 Å². The Hall–Kier alpha value is -3.41. The van der Waals surface area contributed by atoms with Crippen LogP contribution in [0.4, 0.5) is 0 Å². The maximum absolute atomic E-state index is 12.0. The maximum Gasteiger partial charge on any atom is 0.337 e. The number of carbonyl (C=O) groups is 3. The number of methoxy groups -OCH3 is 1. The molecule has 1 N–H and O–H groups in total. The van der Waals surface area contributed by atoms with Crippen LogP contribution in [-0.4, -0.2) is 31.0 Å². The second kappa shape index (κ2) is 9.91. The Kier molecular flexibility index (Phi) is 7.31. The van der Waals surface area contributed by atoms with E-state index in [1.54, 1.807) is 37.3 Å². The Morgan fingerprint density at radius 1 is 1.04 bits per heavy atom. The van der Waals surface area contributed by atoms with Crippen LogP contribution in [0.3, 0.4) is 0 Å². The van der Waals surface area contributed by atoms with Crippen molar-refractivity contribution in [2.45, 2.75) is 19.6 Å². The Morgan fingerprint density at radius 3 is 2.33 bits per heavy atom. The van der Waals surface area contributed by atoms with E-state index >= 15 is 0 Å². The van der Waals surface area contributed by atoms with Crippen molar-refractivity contribution in [2.24, 2.45) is 0 Å². The van der Waals surface area contributed by atoms with Crippen LogP contribution in [0.25, 0.3) is 6.08 Å². The molecule has 0 aromatic heterocycles. The molecule has 0 saturated carbocycles. The summed E-state index contributed by atoms with van der Waals surface area (Å²) in [7, 11) is 1.31. The number of ether oxygens (including phenoxy) is 2. The van der Waals surface area contributed by atoms with Crippen LogP contribution >= 0.6 is 0 Å². The molecule has 0 fully saturated rings. The minimum Gasteiger partial charge on any atom is -0.465 e. The molecule has 0 aliphatic heterocycles. The van der Waals surface area contributed by atoms with Crippen molar-refractivity contribution in [1.29, 1.82) is 0 Å². The van der Waals surface area contributed by atoms with Crippen LogP contribution in [0, 0.1) is 0 Å². The largest absolute Gasteiger partial charge is 0.465 e. The molecule has 6 nitrogen and oxygen atoms in total. The van der Waals surface area contributed by atoms with E-state index in [0.29, 0.717) is 5.56 Å². The van der Waals surface area contributed by atoms with Crippen LogP contribution in [0.15, 0.2) is 60.7 Å². The summed E-state index contributed by atoms with van der Waals surface area (Å²) >= 11 is 0. The standard InChI is InChI=1S/C21H21NO5/c1-15(22-19(23)13-10-16-6-4-3-5-7-16)20(24)27-14-17-8-11-18(12-9-17)21(25)26-2/h3-13,15H,14H2,1-2H3,(H,22,23)/b13-10+/t15-/m0/s1. The first-order valence-corrected chi connectivity index (χ1v) is 8.37. The molecule has 140 valence electrons. The first-order valence-electron chi connectivity index (χ1n) is 8.37. The Balaban J connectivity index is 1.80. The predicted octanol–water partition coefficient (Wildman–Crippen LogP) is 2.73. The number of benzene rings is 2. The highest BCUT2D eigenvalue weighted by atomic mass is 16.5. The predicted molar refractivity (Wildman–Crippen MR) is 101 cm³/mol. The van der Waals surface area contributed by atoms with E-state index in [0.717, 1.165) is 11.1 Å². The molecule has 0 aliphatic carbocycles. The lowest BCUT2D eigenvalue weighted by Crippen LogP contribution is -2.38. The van der Waals surface area contributed by atoms with Gasteiger partial charge in [0, 0.05) is 6.08 Å². The molecular formula is C21H21NO5. The van der Waals surface area contributed by atoms with Gasteiger partial charge in [-0.2, -0.15) is 0 Å². The quantitative estimate of drug-likeness (QED) is 0.601. The van der Waals surface area contributed by atoms with E-state index in [2.05, 4.69) is 10.1 Å². The summed E-state index contributed by atoms with van der Waals surface area (Å²) in [5, 5.41) is 2.56. The van der Waals surface area contributed by atoms with Crippen LogP contribution < -0.4 is 5.32 Å². The highest BCUT2D eigenvalue weighted by Gasteiger charge is 2.16. The van der Waals surface area contributed by atoms with Crippen LogP contribution in [0.2, 0.25) is 0 Å². The number of hydrogen-bond donors (Lipinski definition) is 1. The van der Waals surface area contributed by atoms with E-state index in [1.165, 1.54) is 13.2 Å². The third-order valence-corrected chi connectivity index (χ3v) is 3.70. The van der Waals surface area contributed by atoms with Crippen molar-refractivity contribution in [1.82, 2.24) is 5.32 Å². The first kappa shape index (κ1) is 19.9. The smallest absolute Gasteiger partial charge is 0.337 e. The zero-order valence-corrected chi connectivity index (χ0v) is 15.2. The summed E-state index contributed by atoms with van der Waals surface area (Å²) in [5.74, 6) is -1.36. The summed E-state index contributed by atoms with van der Waals surface area (Å²) in [6.45, 7) is 1.59. The van der Waals surface area contributed by atoms with Gasteiger partial charge in [0.25, 0.3) is 0 Å². The number of amides is 1. The lowest BCUT2D eigenvalue weighted by Gasteiger charge is -2.12. The summed E-state index contributed by atoms with van der Waals surface area (Å²) in [5.41, 5.74) is 2.02. The lowest BCUT2D eigenvalue weighted by atomic mass is 10.1. The number of hydrogen-bond acceptors (Lipinski definition) is 5. The molecule has 0 spiro atoms. The molecule has 2 aromatic carbocycles. The average molecular weight is 367 g/mol. The van der Waals surface area contributed by atoms with E-state index < -0.39 is 18.0 Å². The van der Waals surface area contributed by atoms with E-state index in [1.807, 2.05) is 30.3 Å². The molecule has 27 heavy (non-hydrogen) atoms. The minimum atomic E-state index is -0.785. The molecule has 2 aromatic rings. The van der Waals surface area contributed by atoms with Crippen molar-refractivity contribution < 1.29 is 23.9 Å². The van der Waals surface area contributed by atoms with Crippen molar-refractivity contribution in [2.75, 3.05) is 7.11 Å². The fourth-order valence-electron chi connectivity index (χ4n) is 2.19. The van der Waals surface area contributed by atoms with E-state index in [9.17, 15) is 14.4 Å². The highest BCUT2D eigenvalue weighted by Crippen LogP contribution is 2.07. The first-order chi connectivity index (χ1) is 13.0. The van der Waals surface area contributed by atoms with Gasteiger partial charge in [-0.1, -0.05) is 42.5 Å². The van der Waals surface area contributed by atoms with E-state index in [4.69, 9.17) is 4.74 Å². The zero-order valence-electron chi connectivity index (χ0n) is 15.2. The molecule has 0 bridgehead atoms. The van der Waals surface area contributed by atoms with Gasteiger partial charge < -0.3 is 14.8 Å². The van der Waals surface area contributed by atoms with Crippen molar-refractivity contribution in [3.63, 3.8) is 0 Å². The maximum atomic E-state index is 12.0. The lowest BCUT2D eigenvalue weighted by molar-refractivity contribution is -0.148. The summed E-state index contributed by atoms with van der Waals surface area (Å²) in [6.07, 6.45) is 3.03. The monoisotopic (exact) mass is 367 g/mol. The van der Waals surface area contributed by atoms with Crippen LogP contribution in [0.5, 0.6) is 0 Å². The van der Waals surface area contributed by atoms with Gasteiger partial charge in [-0.25, -0.2) is 9.59 Å². The molecule has 0 heterocycles. The number of carbonyl (C=O) groups excluding carboxylic acids is 3. The summed E-state index contributed by atoms with van der Waals surface area (Å²) < 4.78 is 9.81. The van der Waals surface area contributed by atoms with Crippen molar-refractivity contribution in [3.8, 4) is 0 Å². The van der Waals surface area contributed by atoms with E-state index in [-0.39, 0.29) is 12.5 Å². The highest BCUT2D eigenvalue weighted by molar-refractivity contribution is 5.94. The van der Waals surface area contributed by atoms with Crippen molar-refractivity contribution in [3.05, 3.63) is 77.4 Å². The average Bonchev–Trinajstić information content (AvgIpc) is 2.71. The molecule has 2 rings (SSSR count). The second-order valence-electron chi connectivity index (χ2n) is 5.77. The Morgan fingerprint density at radius 2 is 1.70 bits per heavy atom. The minimum absolute atomic E-state index is 0.0420. The zero-order chi connectivity index (χ0) is 19.6. The van der Waals surface area contributed by atoms with Gasteiger partial charge in [-0.05, 0) is 36.3 Å². The summed E-state index contributed by atoms with van der Waals surface area (Å²) in [6, 6.07) is 15.1. The molecule has 0 unspecified atom stereocenters. The third-order valence-electron chi connectivity index (χ3n) is 3.70. The molecule has 0 aliphatic rings. The number of nitrogens with one attached hydrogen (secondary N) is 1. The summed E-state index contributed by atoms with van der Waals surface area (Å²) in [4.78, 5) is 35.3. The van der Waals surface area contributed by atoms with Gasteiger partial charge in [-0.15, -0.1) is 0 Å². The van der Waals surface area contributed by atoms with Gasteiger partial charge in [0.05, 0.1) is 12.7 Å². The molecule has 1 amide bonds. The van der Waals surface area contributed by atoms with Gasteiger partial charge in [-0.3, -0.25) is 4.79 Å². The SMILES string of the molecule is COC(=O)c1ccc(COC(=O)[C@H](C)NC(=O)/C=C/c2ccccc2)cc1. The molecule has 0 saturated heterocycles. The topological polar surface area (TPSA) is 81.7 Å². The second-order valence-corrected chi connectivity index (χ2v) is 5.77. The Bertz CT molecular complexity index is 812. The van der Waals surface area contributed by atoms with Gasteiger partial charge in [0.1, 0.15) is 12.6 Å². The van der Waals surface area contributed by atoms with Gasteiger partial charge in [0.2, 0.25) is 5.91 Å². The normalized spacial score (nSPS) is 11.6. The fraction of sp³-hybridized carbons (Fsp3) is 0.190. The van der Waals surface area contributed by atoms with Gasteiger partial charge >= 0.3 is 11.9 Å². The van der Waals surface area contributed by atoms with Crippen molar-refractivity contribution >= 4 is 23.9 Å². The molecule has 1 atom stereocenters. The Labute approximate surface area is 157 Å².